The summed E-state index contributed by atoms with van der Waals surface area (Å²) in [5.41, 5.74) is 0.500. The summed E-state index contributed by atoms with van der Waals surface area (Å²) in [7, 11) is 0. The Morgan fingerprint density at radius 3 is 2.84 bits per heavy atom. The lowest BCUT2D eigenvalue weighted by Crippen LogP contribution is -2.14. The predicted molar refractivity (Wildman–Crippen MR) is 84.4 cm³/mol. The SMILES string of the molecule is C[C@@H](CCOC(=O)CS)[C@H](O)c1cc(I)ccc1O. The summed E-state index contributed by atoms with van der Waals surface area (Å²) in [4.78, 5) is 10.9. The van der Waals surface area contributed by atoms with Crippen LogP contribution >= 0.6 is 35.2 Å². The van der Waals surface area contributed by atoms with Gasteiger partial charge in [0.25, 0.3) is 0 Å². The van der Waals surface area contributed by atoms with Gasteiger partial charge in [0.1, 0.15) is 5.75 Å². The van der Waals surface area contributed by atoms with Crippen molar-refractivity contribution in [3.05, 3.63) is 27.3 Å². The summed E-state index contributed by atoms with van der Waals surface area (Å²) in [6.45, 7) is 2.08. The minimum absolute atomic E-state index is 0.0502. The molecule has 2 N–H and O–H groups in total. The first-order valence-electron chi connectivity index (χ1n) is 5.88. The first-order chi connectivity index (χ1) is 8.95. The van der Waals surface area contributed by atoms with E-state index in [4.69, 9.17) is 4.74 Å². The molecule has 0 spiro atoms. The van der Waals surface area contributed by atoms with Gasteiger partial charge < -0.3 is 14.9 Å². The Morgan fingerprint density at radius 1 is 1.53 bits per heavy atom. The van der Waals surface area contributed by atoms with Gasteiger partial charge in [-0.15, -0.1) is 0 Å². The molecule has 2 atom stereocenters. The highest BCUT2D eigenvalue weighted by Crippen LogP contribution is 2.32. The lowest BCUT2D eigenvalue weighted by Gasteiger charge is -2.20. The highest BCUT2D eigenvalue weighted by Gasteiger charge is 2.20. The molecule has 0 aliphatic rings. The maximum Gasteiger partial charge on any atom is 0.315 e. The Balaban J connectivity index is 2.58. The number of ether oxygens (including phenoxy) is 1. The summed E-state index contributed by atoms with van der Waals surface area (Å²) in [5, 5.41) is 19.9. The monoisotopic (exact) mass is 396 g/mol. The minimum Gasteiger partial charge on any atom is -0.508 e. The van der Waals surface area contributed by atoms with Crippen LogP contribution in [0.3, 0.4) is 0 Å². The molecule has 4 nitrogen and oxygen atoms in total. The number of aliphatic hydroxyl groups is 1. The van der Waals surface area contributed by atoms with Crippen LogP contribution < -0.4 is 0 Å². The summed E-state index contributed by atoms with van der Waals surface area (Å²) in [6.07, 6.45) is -0.268. The van der Waals surface area contributed by atoms with Gasteiger partial charge in [-0.05, 0) is 53.1 Å². The predicted octanol–water partition coefficient (Wildman–Crippen LogP) is 2.53. The number of esters is 1. The van der Waals surface area contributed by atoms with E-state index >= 15 is 0 Å². The molecule has 0 bridgehead atoms. The number of thiol groups is 1. The number of halogens is 1. The van der Waals surface area contributed by atoms with Crippen molar-refractivity contribution in [3.8, 4) is 5.75 Å². The number of aromatic hydroxyl groups is 1. The number of benzene rings is 1. The highest BCUT2D eigenvalue weighted by atomic mass is 127. The first-order valence-corrected chi connectivity index (χ1v) is 7.59. The van der Waals surface area contributed by atoms with Gasteiger partial charge in [0.2, 0.25) is 0 Å². The topological polar surface area (TPSA) is 66.8 Å². The molecule has 1 aromatic rings. The quantitative estimate of drug-likeness (QED) is 0.393. The molecule has 0 heterocycles. The standard InChI is InChI=1S/C13H17IO4S/c1-8(4-5-18-12(16)7-19)13(17)10-6-9(14)2-3-11(10)15/h2-3,6,8,13,15,17,19H,4-5,7H2,1H3/t8-,13-/m0/s1. The number of hydrogen-bond donors (Lipinski definition) is 3. The van der Waals surface area contributed by atoms with Crippen molar-refractivity contribution < 1.29 is 19.7 Å². The molecule has 0 aromatic heterocycles. The van der Waals surface area contributed by atoms with Crippen LogP contribution in [0.15, 0.2) is 18.2 Å². The second-order valence-electron chi connectivity index (χ2n) is 4.29. The van der Waals surface area contributed by atoms with Crippen LogP contribution in [0.5, 0.6) is 5.75 Å². The molecule has 106 valence electrons. The number of rotatable bonds is 6. The molecule has 0 amide bonds. The summed E-state index contributed by atoms with van der Waals surface area (Å²) < 4.78 is 5.85. The Morgan fingerprint density at radius 2 is 2.21 bits per heavy atom. The van der Waals surface area contributed by atoms with Gasteiger partial charge >= 0.3 is 5.97 Å². The normalized spacial score (nSPS) is 13.9. The van der Waals surface area contributed by atoms with Crippen LogP contribution in [0.1, 0.15) is 25.0 Å². The van der Waals surface area contributed by atoms with Crippen LogP contribution in [0.2, 0.25) is 0 Å². The molecule has 0 unspecified atom stereocenters. The summed E-state index contributed by atoms with van der Waals surface area (Å²) in [6, 6.07) is 5.08. The number of phenolic OH excluding ortho intramolecular Hbond substituents is 1. The van der Waals surface area contributed by atoms with Crippen molar-refractivity contribution in [3.63, 3.8) is 0 Å². The zero-order valence-corrected chi connectivity index (χ0v) is 13.6. The minimum atomic E-state index is -0.788. The number of hydrogen-bond acceptors (Lipinski definition) is 5. The average Bonchev–Trinajstić information content (AvgIpc) is 2.40. The van der Waals surface area contributed by atoms with Gasteiger partial charge in [-0.2, -0.15) is 12.6 Å². The molecule has 1 rings (SSSR count). The maximum absolute atomic E-state index is 10.9. The van der Waals surface area contributed by atoms with E-state index in [1.54, 1.807) is 18.2 Å². The van der Waals surface area contributed by atoms with E-state index in [2.05, 4.69) is 35.2 Å². The molecule has 0 aliphatic heterocycles. The maximum atomic E-state index is 10.9. The van der Waals surface area contributed by atoms with E-state index in [0.29, 0.717) is 12.0 Å². The summed E-state index contributed by atoms with van der Waals surface area (Å²) >= 11 is 5.93. The highest BCUT2D eigenvalue weighted by molar-refractivity contribution is 14.1. The Kier molecular flexibility index (Phi) is 6.95. The van der Waals surface area contributed by atoms with Gasteiger partial charge in [0, 0.05) is 9.13 Å². The van der Waals surface area contributed by atoms with Crippen molar-refractivity contribution in [2.24, 2.45) is 5.92 Å². The zero-order valence-electron chi connectivity index (χ0n) is 10.5. The Labute approximate surface area is 131 Å². The number of aliphatic hydroxyl groups excluding tert-OH is 1. The van der Waals surface area contributed by atoms with Crippen molar-refractivity contribution in [1.29, 1.82) is 0 Å². The van der Waals surface area contributed by atoms with Gasteiger partial charge in [-0.25, -0.2) is 0 Å². The smallest absolute Gasteiger partial charge is 0.315 e. The van der Waals surface area contributed by atoms with Crippen molar-refractivity contribution in [2.45, 2.75) is 19.4 Å². The zero-order chi connectivity index (χ0) is 14.4. The average molecular weight is 396 g/mol. The van der Waals surface area contributed by atoms with Gasteiger partial charge in [-0.1, -0.05) is 6.92 Å². The lowest BCUT2D eigenvalue weighted by atomic mass is 9.94. The lowest BCUT2D eigenvalue weighted by molar-refractivity contribution is -0.141. The van der Waals surface area contributed by atoms with Crippen LogP contribution in [0.25, 0.3) is 0 Å². The van der Waals surface area contributed by atoms with Gasteiger partial charge in [-0.3, -0.25) is 4.79 Å². The van der Waals surface area contributed by atoms with E-state index < -0.39 is 6.10 Å². The molecule has 0 fully saturated rings. The molecule has 19 heavy (non-hydrogen) atoms. The molecule has 0 aliphatic carbocycles. The largest absolute Gasteiger partial charge is 0.508 e. The summed E-state index contributed by atoms with van der Waals surface area (Å²) in [5.74, 6) is -0.375. The fourth-order valence-electron chi connectivity index (χ4n) is 1.63. The first kappa shape index (κ1) is 16.6. The van der Waals surface area contributed by atoms with E-state index in [1.807, 2.05) is 6.92 Å². The molecule has 0 saturated carbocycles. The molecule has 6 heteroatoms. The third-order valence-electron chi connectivity index (χ3n) is 2.81. The third-order valence-corrected chi connectivity index (χ3v) is 3.74. The van der Waals surface area contributed by atoms with E-state index in [1.165, 1.54) is 0 Å². The van der Waals surface area contributed by atoms with E-state index in [0.717, 1.165) is 3.57 Å². The number of phenols is 1. The molecular weight excluding hydrogens is 379 g/mol. The second-order valence-corrected chi connectivity index (χ2v) is 5.85. The van der Waals surface area contributed by atoms with Crippen molar-refractivity contribution in [1.82, 2.24) is 0 Å². The fourth-order valence-corrected chi connectivity index (χ4v) is 2.24. The van der Waals surface area contributed by atoms with Crippen molar-refractivity contribution >= 4 is 41.2 Å². The van der Waals surface area contributed by atoms with E-state index in [9.17, 15) is 15.0 Å². The fraction of sp³-hybridized carbons (Fsp3) is 0.462. The van der Waals surface area contributed by atoms with Crippen molar-refractivity contribution in [2.75, 3.05) is 12.4 Å². The van der Waals surface area contributed by atoms with E-state index in [-0.39, 0.29) is 30.0 Å². The van der Waals surface area contributed by atoms with Gasteiger partial charge in [0.05, 0.1) is 18.5 Å². The number of carbonyl (C=O) groups is 1. The molecule has 1 aromatic carbocycles. The Bertz CT molecular complexity index is 439. The second kappa shape index (κ2) is 7.96. The van der Waals surface area contributed by atoms with Crippen LogP contribution in [0, 0.1) is 9.49 Å². The van der Waals surface area contributed by atoms with Crippen LogP contribution in [-0.4, -0.2) is 28.5 Å². The molecular formula is C13H17IO4S. The molecule has 0 saturated heterocycles. The van der Waals surface area contributed by atoms with Crippen LogP contribution in [0.4, 0.5) is 0 Å². The molecule has 0 radical (unpaired) electrons. The van der Waals surface area contributed by atoms with Gasteiger partial charge in [0.15, 0.2) is 0 Å². The number of carbonyl (C=O) groups excluding carboxylic acids is 1. The van der Waals surface area contributed by atoms with Crippen LogP contribution in [-0.2, 0) is 9.53 Å². The Hall–Kier alpha value is -0.470. The third kappa shape index (κ3) is 5.19.